The second kappa shape index (κ2) is 8.17. The van der Waals surface area contributed by atoms with Crippen molar-refractivity contribution in [3.8, 4) is 0 Å². The maximum Gasteiger partial charge on any atom is 0.271 e. The molecule has 1 heterocycles. The number of hydrogen-bond acceptors (Lipinski definition) is 5. The van der Waals surface area contributed by atoms with Gasteiger partial charge in [-0.15, -0.1) is 0 Å². The van der Waals surface area contributed by atoms with Crippen LogP contribution in [0.15, 0.2) is 18.2 Å². The third-order valence-corrected chi connectivity index (χ3v) is 3.75. The second-order valence-electron chi connectivity index (χ2n) is 5.02. The molecule has 0 saturated carbocycles. The minimum atomic E-state index is -0.456. The van der Waals surface area contributed by atoms with Crippen molar-refractivity contribution >= 4 is 23.0 Å². The molecule has 1 aliphatic heterocycles. The summed E-state index contributed by atoms with van der Waals surface area (Å²) in [5.74, 6) is 0. The Labute approximate surface area is 129 Å². The van der Waals surface area contributed by atoms with Crippen molar-refractivity contribution in [2.24, 2.45) is 0 Å². The maximum absolute atomic E-state index is 10.6. The molecule has 0 radical (unpaired) electrons. The van der Waals surface area contributed by atoms with Gasteiger partial charge in [-0.2, -0.15) is 0 Å². The van der Waals surface area contributed by atoms with Crippen LogP contribution < -0.4 is 10.6 Å². The summed E-state index contributed by atoms with van der Waals surface area (Å²) >= 11 is 6.00. The molecule has 0 unspecified atom stereocenters. The number of benzene rings is 1. The third-order valence-electron chi connectivity index (χ3n) is 3.44. The van der Waals surface area contributed by atoms with Gasteiger partial charge in [-0.1, -0.05) is 11.6 Å². The minimum Gasteiger partial charge on any atom is -0.384 e. The number of nitrogens with zero attached hydrogens (tertiary/aromatic N) is 1. The van der Waals surface area contributed by atoms with Crippen molar-refractivity contribution in [3.05, 3.63) is 33.3 Å². The smallest absolute Gasteiger partial charge is 0.271 e. The predicted octanol–water partition coefficient (Wildman–Crippen LogP) is 2.82. The molecule has 6 nitrogen and oxygen atoms in total. The molecule has 1 aliphatic rings. The Hall–Kier alpha value is -1.37. The van der Waals surface area contributed by atoms with Gasteiger partial charge in [0.25, 0.3) is 5.69 Å². The van der Waals surface area contributed by atoms with E-state index < -0.39 is 4.92 Å². The number of nitrogens with one attached hydrogen (secondary N) is 2. The standard InChI is InChI=1S/C14H20ClN3O3/c15-13-10-11(18(19)20)2-3-14(13)17-6-1-9-21-12-4-7-16-8-5-12/h2-3,10,12,16-17H,1,4-9H2. The highest BCUT2D eigenvalue weighted by Crippen LogP contribution is 2.26. The maximum atomic E-state index is 10.6. The van der Waals surface area contributed by atoms with Crippen molar-refractivity contribution in [2.75, 3.05) is 31.6 Å². The molecular formula is C14H20ClN3O3. The highest BCUT2D eigenvalue weighted by atomic mass is 35.5. The Balaban J connectivity index is 1.67. The van der Waals surface area contributed by atoms with Crippen LogP contribution in [0.25, 0.3) is 0 Å². The Morgan fingerprint density at radius 3 is 2.86 bits per heavy atom. The second-order valence-corrected chi connectivity index (χ2v) is 5.43. The van der Waals surface area contributed by atoms with Gasteiger partial charge in [0.15, 0.2) is 0 Å². The van der Waals surface area contributed by atoms with E-state index >= 15 is 0 Å². The average Bonchev–Trinajstić information content (AvgIpc) is 2.49. The molecule has 0 amide bonds. The van der Waals surface area contributed by atoms with E-state index in [-0.39, 0.29) is 5.69 Å². The molecule has 0 spiro atoms. The first kappa shape index (κ1) is 16.0. The zero-order chi connectivity index (χ0) is 15.1. The molecule has 21 heavy (non-hydrogen) atoms. The molecule has 116 valence electrons. The summed E-state index contributed by atoms with van der Waals surface area (Å²) in [6, 6.07) is 4.43. The van der Waals surface area contributed by atoms with Crippen LogP contribution >= 0.6 is 11.6 Å². The highest BCUT2D eigenvalue weighted by Gasteiger charge is 2.12. The van der Waals surface area contributed by atoms with Gasteiger partial charge in [0.1, 0.15) is 0 Å². The molecule has 1 fully saturated rings. The average molecular weight is 314 g/mol. The molecule has 0 bridgehead atoms. The van der Waals surface area contributed by atoms with Crippen molar-refractivity contribution in [2.45, 2.75) is 25.4 Å². The third kappa shape index (κ3) is 5.15. The normalized spacial score (nSPS) is 15.9. The van der Waals surface area contributed by atoms with Crippen molar-refractivity contribution < 1.29 is 9.66 Å². The predicted molar refractivity (Wildman–Crippen MR) is 83.1 cm³/mol. The van der Waals surface area contributed by atoms with Gasteiger partial charge in [-0.3, -0.25) is 10.1 Å². The topological polar surface area (TPSA) is 76.4 Å². The molecule has 0 aromatic heterocycles. The summed E-state index contributed by atoms with van der Waals surface area (Å²) in [6.07, 6.45) is 3.38. The first-order valence-corrected chi connectivity index (χ1v) is 7.55. The quantitative estimate of drug-likeness (QED) is 0.460. The summed E-state index contributed by atoms with van der Waals surface area (Å²) in [6.45, 7) is 3.49. The van der Waals surface area contributed by atoms with Crippen molar-refractivity contribution in [1.82, 2.24) is 5.32 Å². The molecule has 2 N–H and O–H groups in total. The number of rotatable bonds is 7. The fraction of sp³-hybridized carbons (Fsp3) is 0.571. The van der Waals surface area contributed by atoms with Gasteiger partial charge >= 0.3 is 0 Å². The molecule has 2 rings (SSSR count). The van der Waals surface area contributed by atoms with E-state index in [0.717, 1.165) is 38.9 Å². The van der Waals surface area contributed by atoms with Crippen LogP contribution in [0.4, 0.5) is 11.4 Å². The Morgan fingerprint density at radius 1 is 1.43 bits per heavy atom. The fourth-order valence-electron chi connectivity index (χ4n) is 2.27. The van der Waals surface area contributed by atoms with E-state index in [1.165, 1.54) is 12.1 Å². The Morgan fingerprint density at radius 2 is 2.19 bits per heavy atom. The molecule has 7 heteroatoms. The summed E-state index contributed by atoms with van der Waals surface area (Å²) in [5, 5.41) is 17.5. The van der Waals surface area contributed by atoms with Gasteiger partial charge in [0, 0.05) is 25.3 Å². The number of halogens is 1. The lowest BCUT2D eigenvalue weighted by Crippen LogP contribution is -2.32. The summed E-state index contributed by atoms with van der Waals surface area (Å²) in [7, 11) is 0. The summed E-state index contributed by atoms with van der Waals surface area (Å²) < 4.78 is 5.80. The van der Waals surface area contributed by atoms with Crippen LogP contribution in [0, 0.1) is 10.1 Å². The largest absolute Gasteiger partial charge is 0.384 e. The lowest BCUT2D eigenvalue weighted by Gasteiger charge is -2.22. The van der Waals surface area contributed by atoms with Crippen LogP contribution in [0.5, 0.6) is 0 Å². The number of ether oxygens (including phenoxy) is 1. The zero-order valence-electron chi connectivity index (χ0n) is 11.8. The number of nitro benzene ring substituents is 1. The van der Waals surface area contributed by atoms with Crippen LogP contribution in [0.2, 0.25) is 5.02 Å². The molecule has 1 aromatic rings. The van der Waals surface area contributed by atoms with Crippen LogP contribution in [-0.4, -0.2) is 37.3 Å². The molecular weight excluding hydrogens is 294 g/mol. The number of anilines is 1. The van der Waals surface area contributed by atoms with Crippen molar-refractivity contribution in [1.29, 1.82) is 0 Å². The molecule has 1 saturated heterocycles. The van der Waals surface area contributed by atoms with Crippen LogP contribution in [-0.2, 0) is 4.74 Å². The van der Waals surface area contributed by atoms with Crippen LogP contribution in [0.1, 0.15) is 19.3 Å². The molecule has 1 aromatic carbocycles. The van der Waals surface area contributed by atoms with Crippen LogP contribution in [0.3, 0.4) is 0 Å². The van der Waals surface area contributed by atoms with Gasteiger partial charge in [-0.05, 0) is 38.4 Å². The van der Waals surface area contributed by atoms with Crippen molar-refractivity contribution in [3.63, 3.8) is 0 Å². The molecule has 0 atom stereocenters. The SMILES string of the molecule is O=[N+]([O-])c1ccc(NCCCOC2CCNCC2)c(Cl)c1. The summed E-state index contributed by atoms with van der Waals surface area (Å²) in [4.78, 5) is 10.2. The number of non-ortho nitro benzene ring substituents is 1. The molecule has 0 aliphatic carbocycles. The van der Waals surface area contributed by atoms with Gasteiger partial charge in [0.2, 0.25) is 0 Å². The summed E-state index contributed by atoms with van der Waals surface area (Å²) in [5.41, 5.74) is 0.712. The monoisotopic (exact) mass is 313 g/mol. The lowest BCUT2D eigenvalue weighted by atomic mass is 10.1. The van der Waals surface area contributed by atoms with E-state index in [9.17, 15) is 10.1 Å². The first-order chi connectivity index (χ1) is 10.2. The van der Waals surface area contributed by atoms with Gasteiger partial charge < -0.3 is 15.4 Å². The zero-order valence-corrected chi connectivity index (χ0v) is 12.6. The van der Waals surface area contributed by atoms with Gasteiger partial charge in [0.05, 0.1) is 21.7 Å². The van der Waals surface area contributed by atoms with E-state index in [1.54, 1.807) is 6.07 Å². The highest BCUT2D eigenvalue weighted by molar-refractivity contribution is 6.33. The first-order valence-electron chi connectivity index (χ1n) is 7.17. The lowest BCUT2D eigenvalue weighted by molar-refractivity contribution is -0.384. The van der Waals surface area contributed by atoms with E-state index in [1.807, 2.05) is 0 Å². The number of piperidine rings is 1. The fourth-order valence-corrected chi connectivity index (χ4v) is 2.51. The van der Waals surface area contributed by atoms with Gasteiger partial charge in [-0.25, -0.2) is 0 Å². The van der Waals surface area contributed by atoms with E-state index in [0.29, 0.717) is 23.4 Å². The minimum absolute atomic E-state index is 0.000193. The Kier molecular flexibility index (Phi) is 6.22. The number of hydrogen-bond donors (Lipinski definition) is 2. The van der Waals surface area contributed by atoms with E-state index in [4.69, 9.17) is 16.3 Å². The number of nitro groups is 1. The Bertz CT molecular complexity index is 479. The van der Waals surface area contributed by atoms with E-state index in [2.05, 4.69) is 10.6 Å².